The van der Waals surface area contributed by atoms with Crippen molar-refractivity contribution in [3.8, 4) is 10.6 Å². The Kier molecular flexibility index (Phi) is 3.29. The average Bonchev–Trinajstić information content (AvgIpc) is 2.78. The Morgan fingerprint density at radius 2 is 1.42 bits per heavy atom. The first-order chi connectivity index (χ1) is 8.71. The first-order valence-electron chi connectivity index (χ1n) is 4.88. The van der Waals surface area contributed by atoms with Crippen LogP contribution in [0.25, 0.3) is 10.6 Å². The zero-order valence-corrected chi connectivity index (χ0v) is 9.83. The third-order valence-corrected chi connectivity index (χ3v) is 3.11. The zero-order valence-electron chi connectivity index (χ0n) is 9.01. The van der Waals surface area contributed by atoms with Gasteiger partial charge in [-0.3, -0.25) is 0 Å². The van der Waals surface area contributed by atoms with Crippen molar-refractivity contribution in [1.82, 2.24) is 4.98 Å². The molecule has 1 aromatic heterocycles. The van der Waals surface area contributed by atoms with Gasteiger partial charge in [0.1, 0.15) is 5.01 Å². The van der Waals surface area contributed by atoms with E-state index in [-0.39, 0.29) is 5.01 Å². The molecule has 0 atom stereocenters. The molecule has 102 valence electrons. The normalized spacial score (nSPS) is 12.7. The summed E-state index contributed by atoms with van der Waals surface area (Å²) in [7, 11) is 0. The minimum atomic E-state index is -4.87. The summed E-state index contributed by atoms with van der Waals surface area (Å²) in [6.07, 6.45) is -8.59. The van der Waals surface area contributed by atoms with E-state index >= 15 is 0 Å². The van der Waals surface area contributed by atoms with Crippen molar-refractivity contribution >= 4 is 11.3 Å². The highest BCUT2D eigenvalue weighted by atomic mass is 32.1. The SMILES string of the molecule is FC(F)(F)c1cccc(C(F)(F)F)c1-c1nccs1. The predicted molar refractivity (Wildman–Crippen MR) is 57.6 cm³/mol. The molecule has 0 aliphatic heterocycles. The van der Waals surface area contributed by atoms with Crippen LogP contribution in [-0.2, 0) is 12.4 Å². The van der Waals surface area contributed by atoms with E-state index in [1.165, 1.54) is 5.38 Å². The smallest absolute Gasteiger partial charge is 0.245 e. The number of hydrogen-bond acceptors (Lipinski definition) is 2. The van der Waals surface area contributed by atoms with Crippen LogP contribution in [-0.4, -0.2) is 4.98 Å². The van der Waals surface area contributed by atoms with E-state index in [1.54, 1.807) is 0 Å². The second kappa shape index (κ2) is 4.52. The predicted octanol–water partition coefficient (Wildman–Crippen LogP) is 4.85. The van der Waals surface area contributed by atoms with Crippen LogP contribution >= 0.6 is 11.3 Å². The van der Waals surface area contributed by atoms with Crippen LogP contribution in [0, 0.1) is 0 Å². The number of nitrogens with zero attached hydrogens (tertiary/aromatic N) is 1. The molecule has 0 saturated heterocycles. The lowest BCUT2D eigenvalue weighted by Crippen LogP contribution is -2.13. The van der Waals surface area contributed by atoms with Crippen molar-refractivity contribution in [3.63, 3.8) is 0 Å². The molecule has 0 unspecified atom stereocenters. The Morgan fingerprint density at radius 1 is 0.895 bits per heavy atom. The van der Waals surface area contributed by atoms with Crippen LogP contribution in [0.4, 0.5) is 26.3 Å². The number of hydrogen-bond donors (Lipinski definition) is 0. The molecule has 1 aromatic carbocycles. The van der Waals surface area contributed by atoms with Crippen LogP contribution in [0.5, 0.6) is 0 Å². The second-order valence-corrected chi connectivity index (χ2v) is 4.46. The molecule has 0 bridgehead atoms. The van der Waals surface area contributed by atoms with Gasteiger partial charge < -0.3 is 0 Å². The molecule has 1 heterocycles. The van der Waals surface area contributed by atoms with Gasteiger partial charge in [-0.2, -0.15) is 26.3 Å². The Labute approximate surface area is 107 Å². The topological polar surface area (TPSA) is 12.9 Å². The summed E-state index contributed by atoms with van der Waals surface area (Å²) < 4.78 is 76.9. The molecule has 0 amide bonds. The zero-order chi connectivity index (χ0) is 14.3. The van der Waals surface area contributed by atoms with Gasteiger partial charge in [-0.15, -0.1) is 11.3 Å². The standard InChI is InChI=1S/C11H5F6NS/c12-10(13,14)6-2-1-3-7(11(15,16)17)8(6)9-18-4-5-19-9/h1-5H. The largest absolute Gasteiger partial charge is 0.417 e. The maximum absolute atomic E-state index is 12.8. The number of halogens is 6. The van der Waals surface area contributed by atoms with Crippen LogP contribution in [0.15, 0.2) is 29.8 Å². The van der Waals surface area contributed by atoms with E-state index in [0.29, 0.717) is 12.1 Å². The van der Waals surface area contributed by atoms with Crippen molar-refractivity contribution < 1.29 is 26.3 Å². The van der Waals surface area contributed by atoms with Gasteiger partial charge in [0.25, 0.3) is 0 Å². The van der Waals surface area contributed by atoms with Gasteiger partial charge in [0.2, 0.25) is 0 Å². The maximum atomic E-state index is 12.8. The van der Waals surface area contributed by atoms with Crippen LogP contribution in [0.3, 0.4) is 0 Å². The minimum Gasteiger partial charge on any atom is -0.245 e. The molecule has 2 rings (SSSR count). The Morgan fingerprint density at radius 3 is 1.79 bits per heavy atom. The van der Waals surface area contributed by atoms with Crippen LogP contribution in [0.1, 0.15) is 11.1 Å². The summed E-state index contributed by atoms with van der Waals surface area (Å²) in [6, 6.07) is 1.97. The summed E-state index contributed by atoms with van der Waals surface area (Å²) >= 11 is 0.725. The van der Waals surface area contributed by atoms with Gasteiger partial charge in [0, 0.05) is 17.1 Å². The molecule has 2 aromatic rings. The van der Waals surface area contributed by atoms with Gasteiger partial charge in [0.05, 0.1) is 11.1 Å². The van der Waals surface area contributed by atoms with Crippen molar-refractivity contribution in [2.45, 2.75) is 12.4 Å². The Bertz CT molecular complexity index is 538. The number of alkyl halides is 6. The monoisotopic (exact) mass is 297 g/mol. The quantitative estimate of drug-likeness (QED) is 0.686. The highest BCUT2D eigenvalue weighted by Crippen LogP contribution is 2.44. The minimum absolute atomic E-state index is 0.305. The molecule has 1 nitrogen and oxygen atoms in total. The van der Waals surface area contributed by atoms with Crippen molar-refractivity contribution in [3.05, 3.63) is 40.9 Å². The second-order valence-electron chi connectivity index (χ2n) is 3.56. The van der Waals surface area contributed by atoms with E-state index in [4.69, 9.17) is 0 Å². The highest BCUT2D eigenvalue weighted by molar-refractivity contribution is 7.13. The molecule has 0 fully saturated rings. The Balaban J connectivity index is 2.78. The molecule has 19 heavy (non-hydrogen) atoms. The summed E-state index contributed by atoms with van der Waals surface area (Å²) in [6.45, 7) is 0. The highest BCUT2D eigenvalue weighted by Gasteiger charge is 2.41. The van der Waals surface area contributed by atoms with Crippen LogP contribution in [0.2, 0.25) is 0 Å². The molecular formula is C11H5F6NS. The van der Waals surface area contributed by atoms with Gasteiger partial charge >= 0.3 is 12.4 Å². The van der Waals surface area contributed by atoms with Gasteiger partial charge in [0.15, 0.2) is 0 Å². The van der Waals surface area contributed by atoms with Crippen LogP contribution < -0.4 is 0 Å². The van der Waals surface area contributed by atoms with E-state index in [9.17, 15) is 26.3 Å². The molecule has 0 saturated carbocycles. The third kappa shape index (κ3) is 2.73. The van der Waals surface area contributed by atoms with E-state index in [1.807, 2.05) is 0 Å². The summed E-state index contributed by atoms with van der Waals surface area (Å²) in [5, 5.41) is 1.02. The van der Waals surface area contributed by atoms with E-state index in [0.717, 1.165) is 23.6 Å². The molecular weight excluding hydrogens is 292 g/mol. The van der Waals surface area contributed by atoms with Gasteiger partial charge in [-0.25, -0.2) is 4.98 Å². The van der Waals surface area contributed by atoms with Crippen molar-refractivity contribution in [2.24, 2.45) is 0 Å². The third-order valence-electron chi connectivity index (χ3n) is 2.32. The molecule has 0 aliphatic carbocycles. The summed E-state index contributed by atoms with van der Waals surface area (Å²) in [4.78, 5) is 3.55. The lowest BCUT2D eigenvalue weighted by molar-refractivity contribution is -0.142. The van der Waals surface area contributed by atoms with Gasteiger partial charge in [-0.1, -0.05) is 6.07 Å². The molecule has 0 spiro atoms. The first-order valence-corrected chi connectivity index (χ1v) is 5.76. The number of rotatable bonds is 1. The summed E-state index contributed by atoms with van der Waals surface area (Å²) in [5.41, 5.74) is -3.59. The number of benzene rings is 1. The molecule has 0 N–H and O–H groups in total. The molecule has 0 radical (unpaired) electrons. The summed E-state index contributed by atoms with van der Waals surface area (Å²) in [5.74, 6) is 0. The lowest BCUT2D eigenvalue weighted by atomic mass is 10.0. The fraction of sp³-hybridized carbons (Fsp3) is 0.182. The van der Waals surface area contributed by atoms with E-state index < -0.39 is 29.0 Å². The maximum Gasteiger partial charge on any atom is 0.417 e. The molecule has 8 heteroatoms. The molecule has 0 aliphatic rings. The average molecular weight is 297 g/mol. The van der Waals surface area contributed by atoms with E-state index in [2.05, 4.69) is 4.98 Å². The lowest BCUT2D eigenvalue weighted by Gasteiger charge is -2.16. The number of aromatic nitrogens is 1. The van der Waals surface area contributed by atoms with Gasteiger partial charge in [-0.05, 0) is 12.1 Å². The fourth-order valence-electron chi connectivity index (χ4n) is 1.60. The number of thiazole rings is 1. The van der Waals surface area contributed by atoms with Crippen molar-refractivity contribution in [2.75, 3.05) is 0 Å². The van der Waals surface area contributed by atoms with Crippen molar-refractivity contribution in [1.29, 1.82) is 0 Å². The fourth-order valence-corrected chi connectivity index (χ4v) is 2.31. The first kappa shape index (κ1) is 13.9. The Hall–Kier alpha value is -1.57.